The molecule has 0 amide bonds. The van der Waals surface area contributed by atoms with Crippen LogP contribution in [0.4, 0.5) is 5.69 Å². The number of rotatable bonds is 4. The number of anilines is 1. The fourth-order valence-electron chi connectivity index (χ4n) is 3.40. The van der Waals surface area contributed by atoms with Crippen molar-refractivity contribution in [2.75, 3.05) is 18.1 Å². The van der Waals surface area contributed by atoms with E-state index in [1.54, 1.807) is 19.1 Å². The second-order valence-electron chi connectivity index (χ2n) is 6.40. The maximum Gasteiger partial charge on any atom is 0.374 e. The Kier molecular flexibility index (Phi) is 5.19. The monoisotopic (exact) mass is 442 g/mol. The molecule has 0 bridgehead atoms. The molecule has 1 atom stereocenters. The highest BCUT2D eigenvalue weighted by Crippen LogP contribution is 2.40. The quantitative estimate of drug-likeness (QED) is 0.478. The molecular formula is C21H19BrN2O4. The van der Waals surface area contributed by atoms with Gasteiger partial charge in [-0.15, -0.1) is 0 Å². The van der Waals surface area contributed by atoms with E-state index in [1.807, 2.05) is 41.3 Å². The number of aliphatic hydroxyl groups excluding tert-OH is 1. The number of para-hydroxylation sites is 1. The van der Waals surface area contributed by atoms with E-state index in [1.165, 1.54) is 0 Å². The van der Waals surface area contributed by atoms with Gasteiger partial charge in [-0.1, -0.05) is 18.2 Å². The Morgan fingerprint density at radius 2 is 2.14 bits per heavy atom. The van der Waals surface area contributed by atoms with Gasteiger partial charge in [-0.25, -0.2) is 9.78 Å². The van der Waals surface area contributed by atoms with E-state index < -0.39 is 12.2 Å². The van der Waals surface area contributed by atoms with Gasteiger partial charge in [-0.2, -0.15) is 0 Å². The summed E-state index contributed by atoms with van der Waals surface area (Å²) in [6.07, 6.45) is -0.301. The normalized spacial score (nSPS) is 14.0. The number of furan rings is 1. The predicted molar refractivity (Wildman–Crippen MR) is 108 cm³/mol. The Morgan fingerprint density at radius 1 is 1.32 bits per heavy atom. The van der Waals surface area contributed by atoms with Crippen LogP contribution in [0, 0.1) is 0 Å². The summed E-state index contributed by atoms with van der Waals surface area (Å²) in [4.78, 5) is 18.4. The Bertz CT molecular complexity index is 1020. The number of hydrogen-bond donors (Lipinski definition) is 1. The van der Waals surface area contributed by atoms with Crippen LogP contribution in [0.2, 0.25) is 0 Å². The van der Waals surface area contributed by atoms with E-state index in [-0.39, 0.29) is 5.76 Å². The van der Waals surface area contributed by atoms with E-state index in [2.05, 4.69) is 20.9 Å². The van der Waals surface area contributed by atoms with E-state index in [0.29, 0.717) is 35.6 Å². The Hall–Kier alpha value is -2.64. The first-order chi connectivity index (χ1) is 13.6. The van der Waals surface area contributed by atoms with Crippen LogP contribution < -0.4 is 4.90 Å². The summed E-state index contributed by atoms with van der Waals surface area (Å²) < 4.78 is 11.6. The van der Waals surface area contributed by atoms with Crippen LogP contribution in [-0.4, -0.2) is 29.2 Å². The van der Waals surface area contributed by atoms with Crippen molar-refractivity contribution in [3.8, 4) is 11.3 Å². The third-order valence-corrected chi connectivity index (χ3v) is 5.10. The largest absolute Gasteiger partial charge is 0.460 e. The lowest BCUT2D eigenvalue weighted by Crippen LogP contribution is -2.30. The van der Waals surface area contributed by atoms with Gasteiger partial charge in [0.2, 0.25) is 5.76 Å². The molecule has 0 saturated heterocycles. The van der Waals surface area contributed by atoms with Gasteiger partial charge in [0.05, 0.1) is 18.0 Å². The molecule has 1 unspecified atom stereocenters. The molecule has 6 nitrogen and oxygen atoms in total. The van der Waals surface area contributed by atoms with Crippen LogP contribution >= 0.6 is 15.9 Å². The van der Waals surface area contributed by atoms with Crippen molar-refractivity contribution in [1.29, 1.82) is 0 Å². The zero-order valence-corrected chi connectivity index (χ0v) is 16.8. The van der Waals surface area contributed by atoms with Crippen molar-refractivity contribution in [1.82, 2.24) is 4.98 Å². The first kappa shape index (κ1) is 18.7. The van der Waals surface area contributed by atoms with Crippen molar-refractivity contribution in [2.24, 2.45) is 0 Å². The molecule has 0 spiro atoms. The van der Waals surface area contributed by atoms with Crippen molar-refractivity contribution >= 4 is 27.6 Å². The van der Waals surface area contributed by atoms with Crippen molar-refractivity contribution < 1.29 is 19.1 Å². The molecule has 28 heavy (non-hydrogen) atoms. The lowest BCUT2D eigenvalue weighted by atomic mass is 10.1. The van der Waals surface area contributed by atoms with E-state index >= 15 is 0 Å². The summed E-state index contributed by atoms with van der Waals surface area (Å²) in [5, 5.41) is 11.0. The number of fused-ring (bicyclic) bond motifs is 3. The number of benzene rings is 1. The molecule has 1 N–H and O–H groups in total. The average Bonchev–Trinajstić information content (AvgIpc) is 3.06. The van der Waals surface area contributed by atoms with Gasteiger partial charge < -0.3 is 19.2 Å². The highest BCUT2D eigenvalue weighted by atomic mass is 79.9. The summed E-state index contributed by atoms with van der Waals surface area (Å²) in [7, 11) is 0. The zero-order valence-electron chi connectivity index (χ0n) is 15.3. The highest BCUT2D eigenvalue weighted by molar-refractivity contribution is 9.10. The van der Waals surface area contributed by atoms with Crippen LogP contribution in [-0.2, 0) is 11.2 Å². The predicted octanol–water partition coefficient (Wildman–Crippen LogP) is 4.33. The topological polar surface area (TPSA) is 75.8 Å². The summed E-state index contributed by atoms with van der Waals surface area (Å²) in [5.74, 6) is 0.364. The smallest absolute Gasteiger partial charge is 0.374 e. The second kappa shape index (κ2) is 7.77. The minimum atomic E-state index is -0.910. The molecule has 1 aromatic carbocycles. The first-order valence-electron chi connectivity index (χ1n) is 9.05. The molecule has 0 saturated carbocycles. The zero-order chi connectivity index (χ0) is 19.7. The van der Waals surface area contributed by atoms with Crippen molar-refractivity contribution in [2.45, 2.75) is 19.6 Å². The summed E-state index contributed by atoms with van der Waals surface area (Å²) in [5.41, 5.74) is 3.10. The van der Waals surface area contributed by atoms with Crippen molar-refractivity contribution in [3.63, 3.8) is 0 Å². The van der Waals surface area contributed by atoms with Crippen LogP contribution in [0.25, 0.3) is 11.3 Å². The molecule has 3 heterocycles. The fourth-order valence-corrected chi connectivity index (χ4v) is 3.76. The van der Waals surface area contributed by atoms with Gasteiger partial charge in [-0.05, 0) is 59.6 Å². The lowest BCUT2D eigenvalue weighted by Gasteiger charge is -2.29. The van der Waals surface area contributed by atoms with Gasteiger partial charge in [0, 0.05) is 17.7 Å². The number of halogens is 1. The Morgan fingerprint density at radius 3 is 2.93 bits per heavy atom. The van der Waals surface area contributed by atoms with E-state index in [4.69, 9.17) is 9.15 Å². The Labute approximate surface area is 170 Å². The van der Waals surface area contributed by atoms with Gasteiger partial charge in [-0.3, -0.25) is 0 Å². The number of ether oxygens (including phenoxy) is 1. The van der Waals surface area contributed by atoms with Crippen LogP contribution in [0.3, 0.4) is 0 Å². The maximum atomic E-state index is 12.1. The van der Waals surface area contributed by atoms with Crippen LogP contribution in [0.15, 0.2) is 57.6 Å². The number of nitrogens with zero attached hydrogens (tertiary/aromatic N) is 2. The first-order valence-corrected chi connectivity index (χ1v) is 9.84. The van der Waals surface area contributed by atoms with Crippen LogP contribution in [0.5, 0.6) is 0 Å². The standard InChI is InChI=1S/C21H19BrN2O4/c1-2-27-21(26)17-12-13-10-11-24(20(25)15-7-5-9-18(22)23-15)16-8-4-3-6-14(16)19(13)28-17/h3-9,12,20,25H,2,10-11H2,1H3. The SMILES string of the molecule is CCOC(=O)c1cc2c(o1)-c1ccccc1N(C(O)c1cccc(Br)n1)CC2. The second-order valence-corrected chi connectivity index (χ2v) is 7.22. The average molecular weight is 443 g/mol. The minimum Gasteiger partial charge on any atom is -0.460 e. The molecular weight excluding hydrogens is 424 g/mol. The maximum absolute atomic E-state index is 12.1. The number of aromatic nitrogens is 1. The van der Waals surface area contributed by atoms with E-state index in [9.17, 15) is 9.90 Å². The number of carbonyl (C=O) groups is 1. The molecule has 1 aliphatic heterocycles. The highest BCUT2D eigenvalue weighted by Gasteiger charge is 2.29. The fraction of sp³-hybridized carbons (Fsp3) is 0.238. The molecule has 144 valence electrons. The van der Waals surface area contributed by atoms with Gasteiger partial charge in [0.1, 0.15) is 10.4 Å². The molecule has 1 aliphatic rings. The third-order valence-electron chi connectivity index (χ3n) is 4.66. The molecule has 0 aliphatic carbocycles. The molecule has 2 aromatic heterocycles. The molecule has 7 heteroatoms. The lowest BCUT2D eigenvalue weighted by molar-refractivity contribution is 0.0491. The summed E-state index contributed by atoms with van der Waals surface area (Å²) in [6.45, 7) is 2.60. The van der Waals surface area contributed by atoms with Crippen molar-refractivity contribution in [3.05, 3.63) is 70.2 Å². The van der Waals surface area contributed by atoms with Gasteiger partial charge in [0.25, 0.3) is 0 Å². The van der Waals surface area contributed by atoms with Gasteiger partial charge in [0.15, 0.2) is 6.23 Å². The number of pyridine rings is 1. The molecule has 0 radical (unpaired) electrons. The minimum absolute atomic E-state index is 0.198. The Balaban J connectivity index is 1.75. The molecule has 4 rings (SSSR count). The summed E-state index contributed by atoms with van der Waals surface area (Å²) in [6, 6.07) is 14.9. The molecule has 0 fully saturated rings. The number of aliphatic hydroxyl groups is 1. The number of hydrogen-bond acceptors (Lipinski definition) is 6. The van der Waals surface area contributed by atoms with Gasteiger partial charge >= 0.3 is 5.97 Å². The third kappa shape index (κ3) is 3.43. The number of carbonyl (C=O) groups excluding carboxylic acids is 1. The molecule has 3 aromatic rings. The van der Waals surface area contributed by atoms with Crippen LogP contribution in [0.1, 0.15) is 35.0 Å². The van der Waals surface area contributed by atoms with E-state index in [0.717, 1.165) is 16.8 Å². The number of esters is 1. The summed E-state index contributed by atoms with van der Waals surface area (Å²) >= 11 is 3.35.